The van der Waals surface area contributed by atoms with Crippen LogP contribution in [0.4, 0.5) is 5.69 Å². The Morgan fingerprint density at radius 1 is 1.18 bits per heavy atom. The van der Waals surface area contributed by atoms with Gasteiger partial charge in [-0.15, -0.1) is 0 Å². The van der Waals surface area contributed by atoms with Gasteiger partial charge in [0.1, 0.15) is 0 Å². The predicted octanol–water partition coefficient (Wildman–Crippen LogP) is 1.65. The van der Waals surface area contributed by atoms with Gasteiger partial charge in [-0.1, -0.05) is 24.3 Å². The Bertz CT molecular complexity index is 386. The Morgan fingerprint density at radius 3 is 2.47 bits per heavy atom. The van der Waals surface area contributed by atoms with Gasteiger partial charge in [0.05, 0.1) is 12.2 Å². The zero-order chi connectivity index (χ0) is 12.3. The first-order valence-corrected chi connectivity index (χ1v) is 6.04. The van der Waals surface area contributed by atoms with Crippen molar-refractivity contribution in [2.24, 2.45) is 0 Å². The average Bonchev–Trinajstić information content (AvgIpc) is 2.34. The monoisotopic (exact) mass is 233 g/mol. The molecule has 1 aliphatic rings. The van der Waals surface area contributed by atoms with Crippen LogP contribution in [0.2, 0.25) is 0 Å². The van der Waals surface area contributed by atoms with Crippen molar-refractivity contribution in [1.82, 2.24) is 0 Å². The summed E-state index contributed by atoms with van der Waals surface area (Å²) in [5, 5.41) is 19.1. The molecule has 1 aromatic rings. The lowest BCUT2D eigenvalue weighted by molar-refractivity contribution is 0.00802. The Hall–Kier alpha value is -1.32. The maximum absolute atomic E-state index is 9.65. The topological polar surface area (TPSA) is 43.7 Å². The van der Waals surface area contributed by atoms with Crippen molar-refractivity contribution in [1.29, 1.82) is 0 Å². The minimum absolute atomic E-state index is 0.504. The Morgan fingerprint density at radius 2 is 1.88 bits per heavy atom. The number of benzene rings is 1. The van der Waals surface area contributed by atoms with Gasteiger partial charge in [0.2, 0.25) is 0 Å². The number of β-amino-alcohol motifs (C(OH)–C–C–N with tert-alkyl or cyclic N) is 1. The summed E-state index contributed by atoms with van der Waals surface area (Å²) in [6.07, 6.45) is 3.47. The van der Waals surface area contributed by atoms with Crippen LogP contribution in [0.15, 0.2) is 30.3 Å². The summed E-state index contributed by atoms with van der Waals surface area (Å²) in [5.74, 6) is 0. The molecule has 3 nitrogen and oxygen atoms in total. The normalized spacial score (nSPS) is 25.5. The van der Waals surface area contributed by atoms with E-state index in [0.29, 0.717) is 13.0 Å². The molecule has 92 valence electrons. The molecule has 1 saturated heterocycles. The Balaban J connectivity index is 2.07. The lowest BCUT2D eigenvalue weighted by atomic mass is 10.0. The van der Waals surface area contributed by atoms with E-state index in [4.69, 9.17) is 0 Å². The largest absolute Gasteiger partial charge is 0.390 e. The van der Waals surface area contributed by atoms with E-state index in [9.17, 15) is 10.2 Å². The lowest BCUT2D eigenvalue weighted by Crippen LogP contribution is -2.46. The fraction of sp³-hybridized carbons (Fsp3) is 0.429. The summed E-state index contributed by atoms with van der Waals surface area (Å²) in [6, 6.07) is 8.24. The van der Waals surface area contributed by atoms with Crippen LogP contribution >= 0.6 is 0 Å². The number of hydrogen-bond donors (Lipinski definition) is 2. The first kappa shape index (κ1) is 12.1. The second-order valence-corrected chi connectivity index (χ2v) is 4.46. The SMILES string of the molecule is C/C=C/c1ccc(N2CCC(O)C(O)C2)cc1. The van der Waals surface area contributed by atoms with Crippen molar-refractivity contribution in [3.63, 3.8) is 0 Å². The summed E-state index contributed by atoms with van der Waals surface area (Å²) in [6.45, 7) is 3.29. The molecule has 0 bridgehead atoms. The van der Waals surface area contributed by atoms with Crippen LogP contribution in [-0.4, -0.2) is 35.5 Å². The first-order chi connectivity index (χ1) is 8.20. The Kier molecular flexibility index (Phi) is 3.82. The lowest BCUT2D eigenvalue weighted by Gasteiger charge is -2.35. The van der Waals surface area contributed by atoms with Gasteiger partial charge in [-0.3, -0.25) is 0 Å². The van der Waals surface area contributed by atoms with Crippen molar-refractivity contribution in [2.45, 2.75) is 25.6 Å². The smallest absolute Gasteiger partial charge is 0.0974 e. The van der Waals surface area contributed by atoms with E-state index < -0.39 is 12.2 Å². The number of nitrogens with zero attached hydrogens (tertiary/aromatic N) is 1. The van der Waals surface area contributed by atoms with Crippen LogP contribution in [0.3, 0.4) is 0 Å². The standard InChI is InChI=1S/C14H19NO2/c1-2-3-11-4-6-12(7-5-11)15-9-8-13(16)14(17)10-15/h2-7,13-14,16-17H,8-10H2,1H3/b3-2+. The highest BCUT2D eigenvalue weighted by Gasteiger charge is 2.25. The Labute approximate surface area is 102 Å². The maximum Gasteiger partial charge on any atom is 0.0974 e. The molecule has 1 heterocycles. The molecule has 2 N–H and O–H groups in total. The van der Waals surface area contributed by atoms with Crippen LogP contribution in [0, 0.1) is 0 Å². The summed E-state index contributed by atoms with van der Waals surface area (Å²) >= 11 is 0. The van der Waals surface area contributed by atoms with Crippen molar-refractivity contribution >= 4 is 11.8 Å². The van der Waals surface area contributed by atoms with E-state index in [1.807, 2.05) is 13.0 Å². The minimum atomic E-state index is -0.640. The second kappa shape index (κ2) is 5.34. The van der Waals surface area contributed by atoms with Gasteiger partial charge in [0.25, 0.3) is 0 Å². The highest BCUT2D eigenvalue weighted by molar-refractivity contribution is 5.56. The van der Waals surface area contributed by atoms with Gasteiger partial charge in [0.15, 0.2) is 0 Å². The molecule has 2 atom stereocenters. The molecule has 2 unspecified atom stereocenters. The third-order valence-electron chi connectivity index (χ3n) is 3.16. The molecule has 0 amide bonds. The fourth-order valence-corrected chi connectivity index (χ4v) is 2.14. The van der Waals surface area contributed by atoms with Gasteiger partial charge in [-0.05, 0) is 31.0 Å². The fourth-order valence-electron chi connectivity index (χ4n) is 2.14. The first-order valence-electron chi connectivity index (χ1n) is 6.04. The van der Waals surface area contributed by atoms with Crippen LogP contribution in [0.1, 0.15) is 18.9 Å². The summed E-state index contributed by atoms with van der Waals surface area (Å²) < 4.78 is 0. The number of aliphatic hydroxyl groups is 2. The number of piperidine rings is 1. The van der Waals surface area contributed by atoms with Gasteiger partial charge in [0, 0.05) is 18.8 Å². The van der Waals surface area contributed by atoms with E-state index in [0.717, 1.165) is 12.2 Å². The predicted molar refractivity (Wildman–Crippen MR) is 70.0 cm³/mol. The van der Waals surface area contributed by atoms with Crippen molar-refractivity contribution in [3.05, 3.63) is 35.9 Å². The summed E-state index contributed by atoms with van der Waals surface area (Å²) in [7, 11) is 0. The molecule has 3 heteroatoms. The second-order valence-electron chi connectivity index (χ2n) is 4.46. The zero-order valence-electron chi connectivity index (χ0n) is 10.1. The molecular formula is C14H19NO2. The third-order valence-corrected chi connectivity index (χ3v) is 3.16. The van der Waals surface area contributed by atoms with E-state index in [2.05, 4.69) is 35.2 Å². The van der Waals surface area contributed by atoms with E-state index in [1.54, 1.807) is 0 Å². The van der Waals surface area contributed by atoms with Gasteiger partial charge < -0.3 is 15.1 Å². The third kappa shape index (κ3) is 2.87. The van der Waals surface area contributed by atoms with E-state index >= 15 is 0 Å². The highest BCUT2D eigenvalue weighted by Crippen LogP contribution is 2.21. The van der Waals surface area contributed by atoms with E-state index in [1.165, 1.54) is 5.56 Å². The van der Waals surface area contributed by atoms with Crippen LogP contribution in [0.25, 0.3) is 6.08 Å². The van der Waals surface area contributed by atoms with Gasteiger partial charge in [-0.25, -0.2) is 0 Å². The minimum Gasteiger partial charge on any atom is -0.390 e. The van der Waals surface area contributed by atoms with Crippen LogP contribution < -0.4 is 4.90 Å². The highest BCUT2D eigenvalue weighted by atomic mass is 16.3. The van der Waals surface area contributed by atoms with Crippen molar-refractivity contribution in [2.75, 3.05) is 18.0 Å². The molecule has 2 rings (SSSR count). The maximum atomic E-state index is 9.65. The molecule has 1 aliphatic heterocycles. The molecule has 1 aromatic carbocycles. The number of aliphatic hydroxyl groups excluding tert-OH is 2. The molecule has 0 radical (unpaired) electrons. The molecule has 1 fully saturated rings. The number of anilines is 1. The molecule has 0 spiro atoms. The van der Waals surface area contributed by atoms with Crippen molar-refractivity contribution < 1.29 is 10.2 Å². The average molecular weight is 233 g/mol. The molecule has 17 heavy (non-hydrogen) atoms. The molecule has 0 aliphatic carbocycles. The number of allylic oxidation sites excluding steroid dienone is 1. The molecular weight excluding hydrogens is 214 g/mol. The van der Waals surface area contributed by atoms with Crippen molar-refractivity contribution in [3.8, 4) is 0 Å². The van der Waals surface area contributed by atoms with Gasteiger partial charge >= 0.3 is 0 Å². The molecule has 0 saturated carbocycles. The quantitative estimate of drug-likeness (QED) is 0.816. The van der Waals surface area contributed by atoms with Gasteiger partial charge in [-0.2, -0.15) is 0 Å². The van der Waals surface area contributed by atoms with Crippen LogP contribution in [-0.2, 0) is 0 Å². The summed E-state index contributed by atoms with van der Waals surface area (Å²) in [4.78, 5) is 2.11. The van der Waals surface area contributed by atoms with E-state index in [-0.39, 0.29) is 0 Å². The van der Waals surface area contributed by atoms with Crippen LogP contribution in [0.5, 0.6) is 0 Å². The molecule has 0 aromatic heterocycles. The number of hydrogen-bond acceptors (Lipinski definition) is 3. The summed E-state index contributed by atoms with van der Waals surface area (Å²) in [5.41, 5.74) is 2.28. The number of rotatable bonds is 2. The zero-order valence-corrected chi connectivity index (χ0v) is 10.1.